The van der Waals surface area contributed by atoms with E-state index in [9.17, 15) is 23.5 Å². The molecule has 2 saturated carbocycles. The fourth-order valence-electron chi connectivity index (χ4n) is 5.33. The lowest BCUT2D eigenvalue weighted by Crippen LogP contribution is -2.61. The average Bonchev–Trinajstić information content (AvgIpc) is 3.74. The van der Waals surface area contributed by atoms with Crippen LogP contribution in [-0.2, 0) is 10.7 Å². The number of alkyl halides is 2. The van der Waals surface area contributed by atoms with E-state index in [-0.39, 0.29) is 18.5 Å². The molecule has 7 nitrogen and oxygen atoms in total. The van der Waals surface area contributed by atoms with E-state index in [1.54, 1.807) is 18.2 Å². The molecule has 0 saturated heterocycles. The van der Waals surface area contributed by atoms with Crippen molar-refractivity contribution in [1.29, 1.82) is 0 Å². The van der Waals surface area contributed by atoms with Crippen molar-refractivity contribution in [1.82, 2.24) is 10.2 Å². The van der Waals surface area contributed by atoms with Gasteiger partial charge in [0.15, 0.2) is 0 Å². The summed E-state index contributed by atoms with van der Waals surface area (Å²) in [4.78, 5) is 27.0. The maximum atomic E-state index is 14.9. The van der Waals surface area contributed by atoms with Gasteiger partial charge in [-0.05, 0) is 82.9 Å². The minimum Gasteiger partial charge on any atom is -0.493 e. The molecule has 0 aromatic heterocycles. The summed E-state index contributed by atoms with van der Waals surface area (Å²) in [6, 6.07) is 10.3. The highest BCUT2D eigenvalue weighted by molar-refractivity contribution is 5.87. The molecule has 0 heterocycles. The monoisotopic (exact) mass is 558 g/mol. The highest BCUT2D eigenvalue weighted by Crippen LogP contribution is 2.50. The van der Waals surface area contributed by atoms with E-state index < -0.39 is 35.9 Å². The van der Waals surface area contributed by atoms with Gasteiger partial charge in [0.1, 0.15) is 17.0 Å². The van der Waals surface area contributed by atoms with Crippen LogP contribution >= 0.6 is 0 Å². The van der Waals surface area contributed by atoms with Crippen LogP contribution < -0.4 is 14.8 Å². The molecule has 2 N–H and O–H groups in total. The Bertz CT molecular complexity index is 1150. The molecule has 9 heteroatoms. The zero-order valence-electron chi connectivity index (χ0n) is 23.6. The van der Waals surface area contributed by atoms with Gasteiger partial charge in [0.2, 0.25) is 0 Å². The smallest absolute Gasteiger partial charge is 0.329 e. The number of carbonyl (C=O) groups excluding carboxylic acids is 1. The SMILES string of the molecule is CCOc1cc([C@@H](C)N(CCCC(F)(F)c2ccccc2)C(=O)NC2(C(=O)O)CCC2)cc(OCC)c1C1CC1. The van der Waals surface area contributed by atoms with Gasteiger partial charge in [-0.1, -0.05) is 30.3 Å². The molecule has 2 aromatic carbocycles. The lowest BCUT2D eigenvalue weighted by molar-refractivity contribution is -0.148. The molecule has 2 aliphatic carbocycles. The second kappa shape index (κ2) is 12.4. The maximum absolute atomic E-state index is 14.9. The maximum Gasteiger partial charge on any atom is 0.329 e. The number of rotatable bonds is 14. The Kier molecular flexibility index (Phi) is 9.21. The number of benzene rings is 2. The Balaban J connectivity index is 1.61. The van der Waals surface area contributed by atoms with Gasteiger partial charge in [0.25, 0.3) is 5.92 Å². The van der Waals surface area contributed by atoms with Crippen molar-refractivity contribution in [3.05, 3.63) is 59.2 Å². The van der Waals surface area contributed by atoms with Crippen LogP contribution in [-0.4, -0.2) is 47.3 Å². The number of hydrogen-bond donors (Lipinski definition) is 2. The van der Waals surface area contributed by atoms with Crippen LogP contribution in [0.2, 0.25) is 0 Å². The molecule has 1 atom stereocenters. The fourth-order valence-corrected chi connectivity index (χ4v) is 5.33. The summed E-state index contributed by atoms with van der Waals surface area (Å²) >= 11 is 0. The first-order valence-electron chi connectivity index (χ1n) is 14.3. The van der Waals surface area contributed by atoms with E-state index in [1.165, 1.54) is 17.0 Å². The molecule has 2 fully saturated rings. The van der Waals surface area contributed by atoms with Crippen LogP contribution in [0.1, 0.15) is 94.4 Å². The van der Waals surface area contributed by atoms with Crippen molar-refractivity contribution in [3.63, 3.8) is 0 Å². The number of halogens is 2. The highest BCUT2D eigenvalue weighted by atomic mass is 19.3. The second-order valence-corrected chi connectivity index (χ2v) is 10.8. The number of carboxylic acids is 1. The number of urea groups is 1. The third-order valence-corrected chi connectivity index (χ3v) is 7.97. The van der Waals surface area contributed by atoms with Gasteiger partial charge in [-0.3, -0.25) is 0 Å². The number of carbonyl (C=O) groups is 2. The molecule has 2 amide bonds. The van der Waals surface area contributed by atoms with Crippen LogP contribution in [0.15, 0.2) is 42.5 Å². The van der Waals surface area contributed by atoms with Crippen LogP contribution in [0.4, 0.5) is 13.6 Å². The predicted octanol–water partition coefficient (Wildman–Crippen LogP) is 7.01. The average molecular weight is 559 g/mol. The molecular weight excluding hydrogens is 518 g/mol. The number of hydrogen-bond acceptors (Lipinski definition) is 4. The molecule has 2 aromatic rings. The number of nitrogens with zero attached hydrogens (tertiary/aromatic N) is 1. The Morgan fingerprint density at radius 2 is 1.70 bits per heavy atom. The normalized spacial score (nSPS) is 16.9. The molecule has 4 rings (SSSR count). The molecular formula is C31H40F2N2O5. The first-order valence-corrected chi connectivity index (χ1v) is 14.3. The van der Waals surface area contributed by atoms with Gasteiger partial charge < -0.3 is 24.8 Å². The lowest BCUT2D eigenvalue weighted by atomic mass is 9.77. The summed E-state index contributed by atoms with van der Waals surface area (Å²) in [5, 5.41) is 12.5. The summed E-state index contributed by atoms with van der Waals surface area (Å²) in [5.41, 5.74) is 0.361. The Labute approximate surface area is 234 Å². The van der Waals surface area contributed by atoms with Crippen molar-refractivity contribution in [2.45, 2.75) is 89.1 Å². The van der Waals surface area contributed by atoms with Gasteiger partial charge >= 0.3 is 12.0 Å². The van der Waals surface area contributed by atoms with E-state index in [0.29, 0.717) is 49.9 Å². The molecule has 0 aliphatic heterocycles. The summed E-state index contributed by atoms with van der Waals surface area (Å²) in [7, 11) is 0. The molecule has 2 aliphatic rings. The summed E-state index contributed by atoms with van der Waals surface area (Å²) < 4.78 is 41.9. The number of ether oxygens (including phenoxy) is 2. The highest BCUT2D eigenvalue weighted by Gasteiger charge is 2.47. The van der Waals surface area contributed by atoms with Crippen molar-refractivity contribution < 1.29 is 33.0 Å². The Morgan fingerprint density at radius 3 is 2.17 bits per heavy atom. The molecule has 40 heavy (non-hydrogen) atoms. The summed E-state index contributed by atoms with van der Waals surface area (Å²) in [5.74, 6) is -2.37. The van der Waals surface area contributed by atoms with Gasteiger partial charge in [0.05, 0.1) is 19.3 Å². The van der Waals surface area contributed by atoms with Gasteiger partial charge in [-0.15, -0.1) is 0 Å². The van der Waals surface area contributed by atoms with Gasteiger partial charge in [-0.2, -0.15) is 0 Å². The summed E-state index contributed by atoms with van der Waals surface area (Å²) in [6.07, 6.45) is 3.04. The van der Waals surface area contributed by atoms with E-state index >= 15 is 0 Å². The Hall–Kier alpha value is -3.36. The Morgan fingerprint density at radius 1 is 1.10 bits per heavy atom. The van der Waals surface area contributed by atoms with E-state index in [1.807, 2.05) is 32.9 Å². The van der Waals surface area contributed by atoms with Crippen molar-refractivity contribution in [2.75, 3.05) is 19.8 Å². The lowest BCUT2D eigenvalue weighted by Gasteiger charge is -2.41. The number of amides is 2. The third-order valence-electron chi connectivity index (χ3n) is 7.97. The van der Waals surface area contributed by atoms with E-state index in [0.717, 1.165) is 24.0 Å². The first-order chi connectivity index (χ1) is 19.1. The van der Waals surface area contributed by atoms with Crippen LogP contribution in [0.25, 0.3) is 0 Å². The van der Waals surface area contributed by atoms with Crippen LogP contribution in [0, 0.1) is 0 Å². The largest absolute Gasteiger partial charge is 0.493 e. The minimum absolute atomic E-state index is 0.0173. The zero-order valence-corrected chi connectivity index (χ0v) is 23.6. The standard InChI is InChI=1S/C31H40F2N2O5/c1-4-39-25-19-23(20-26(40-5-2)27(25)22-13-14-22)21(3)35(29(38)34-30(28(36)37)15-9-16-30)18-10-17-31(32,33)24-11-7-6-8-12-24/h6-8,11-12,19-22H,4-5,9-10,13-18H2,1-3H3,(H,34,38)(H,36,37)/t21-/m1/s1. The van der Waals surface area contributed by atoms with Gasteiger partial charge in [0, 0.05) is 24.1 Å². The molecule has 0 bridgehead atoms. The predicted molar refractivity (Wildman–Crippen MR) is 148 cm³/mol. The summed E-state index contributed by atoms with van der Waals surface area (Å²) in [6.45, 7) is 6.57. The fraction of sp³-hybridized carbons (Fsp3) is 0.548. The van der Waals surface area contributed by atoms with Crippen molar-refractivity contribution >= 4 is 12.0 Å². The minimum atomic E-state index is -3.06. The van der Waals surface area contributed by atoms with E-state index in [4.69, 9.17) is 9.47 Å². The number of nitrogens with one attached hydrogen (secondary N) is 1. The van der Waals surface area contributed by atoms with Crippen LogP contribution in [0.3, 0.4) is 0 Å². The van der Waals surface area contributed by atoms with Gasteiger partial charge in [-0.25, -0.2) is 18.4 Å². The number of carboxylic acid groups (broad SMARTS) is 1. The van der Waals surface area contributed by atoms with Crippen molar-refractivity contribution in [3.8, 4) is 11.5 Å². The number of aliphatic carboxylic acids is 1. The second-order valence-electron chi connectivity index (χ2n) is 10.8. The van der Waals surface area contributed by atoms with Crippen LogP contribution in [0.5, 0.6) is 11.5 Å². The molecule has 0 radical (unpaired) electrons. The quantitative estimate of drug-likeness (QED) is 0.260. The topological polar surface area (TPSA) is 88.1 Å². The first kappa shape index (κ1) is 29.6. The molecule has 218 valence electrons. The third kappa shape index (κ3) is 6.50. The van der Waals surface area contributed by atoms with Crippen molar-refractivity contribution in [2.24, 2.45) is 0 Å². The molecule has 0 spiro atoms. The van der Waals surface area contributed by atoms with E-state index in [2.05, 4.69) is 5.32 Å². The molecule has 0 unspecified atom stereocenters. The zero-order chi connectivity index (χ0) is 28.9.